The Morgan fingerprint density at radius 3 is 1.65 bits per heavy atom. The minimum absolute atomic E-state index is 0.279. The van der Waals surface area contributed by atoms with Gasteiger partial charge in [0.2, 0.25) is 0 Å². The number of aliphatic hydroxyl groups is 2. The zero-order valence-corrected chi connectivity index (χ0v) is 13.5. The molecule has 0 saturated heterocycles. The molecule has 2 N–H and O–H groups in total. The van der Waals surface area contributed by atoms with Gasteiger partial charge in [-0.1, -0.05) is 45.4 Å². The molecule has 0 saturated carbocycles. The SMILES string of the molecule is CCCCCCCCCC(OCC(C)O)OCC(C)O. The number of rotatable bonds is 14. The van der Waals surface area contributed by atoms with Crippen LogP contribution in [0.25, 0.3) is 0 Å². The van der Waals surface area contributed by atoms with Crippen LogP contribution in [0.15, 0.2) is 0 Å². The second kappa shape index (κ2) is 13.8. The largest absolute Gasteiger partial charge is 0.391 e. The first-order valence-corrected chi connectivity index (χ1v) is 8.15. The van der Waals surface area contributed by atoms with Gasteiger partial charge < -0.3 is 19.7 Å². The molecule has 0 aromatic carbocycles. The fraction of sp³-hybridized carbons (Fsp3) is 1.00. The van der Waals surface area contributed by atoms with Crippen LogP contribution in [0.2, 0.25) is 0 Å². The lowest BCUT2D eigenvalue weighted by Crippen LogP contribution is -2.25. The van der Waals surface area contributed by atoms with Crippen LogP contribution in [0.3, 0.4) is 0 Å². The van der Waals surface area contributed by atoms with Crippen molar-refractivity contribution in [3.05, 3.63) is 0 Å². The van der Waals surface area contributed by atoms with Gasteiger partial charge in [-0.25, -0.2) is 0 Å². The Balaban J connectivity index is 3.67. The van der Waals surface area contributed by atoms with Crippen LogP contribution in [0, 0.1) is 0 Å². The first-order valence-electron chi connectivity index (χ1n) is 8.15. The molecule has 122 valence electrons. The van der Waals surface area contributed by atoms with Gasteiger partial charge in [0.1, 0.15) is 0 Å². The van der Waals surface area contributed by atoms with Crippen molar-refractivity contribution < 1.29 is 19.7 Å². The molecule has 20 heavy (non-hydrogen) atoms. The molecule has 0 heterocycles. The third-order valence-corrected chi connectivity index (χ3v) is 3.09. The zero-order valence-electron chi connectivity index (χ0n) is 13.5. The molecule has 2 unspecified atom stereocenters. The van der Waals surface area contributed by atoms with Crippen LogP contribution >= 0.6 is 0 Å². The maximum Gasteiger partial charge on any atom is 0.157 e. The van der Waals surface area contributed by atoms with Gasteiger partial charge in [0.25, 0.3) is 0 Å². The Labute approximate surface area is 124 Å². The average Bonchev–Trinajstić information content (AvgIpc) is 2.39. The van der Waals surface area contributed by atoms with Crippen molar-refractivity contribution in [1.82, 2.24) is 0 Å². The fourth-order valence-corrected chi connectivity index (χ4v) is 1.98. The van der Waals surface area contributed by atoms with Gasteiger partial charge >= 0.3 is 0 Å². The lowest BCUT2D eigenvalue weighted by molar-refractivity contribution is -0.170. The molecule has 0 aliphatic heterocycles. The molecule has 4 nitrogen and oxygen atoms in total. The molecule has 2 atom stereocenters. The van der Waals surface area contributed by atoms with Crippen LogP contribution in [0.5, 0.6) is 0 Å². The van der Waals surface area contributed by atoms with E-state index >= 15 is 0 Å². The minimum Gasteiger partial charge on any atom is -0.391 e. The van der Waals surface area contributed by atoms with Gasteiger partial charge in [0.05, 0.1) is 25.4 Å². The molecule has 0 aliphatic carbocycles. The third kappa shape index (κ3) is 14.3. The van der Waals surface area contributed by atoms with E-state index in [1.165, 1.54) is 38.5 Å². The summed E-state index contributed by atoms with van der Waals surface area (Å²) in [5.74, 6) is 0. The highest BCUT2D eigenvalue weighted by molar-refractivity contribution is 4.53. The highest BCUT2D eigenvalue weighted by Crippen LogP contribution is 2.12. The van der Waals surface area contributed by atoms with E-state index in [2.05, 4.69) is 6.92 Å². The van der Waals surface area contributed by atoms with Crippen LogP contribution in [-0.2, 0) is 9.47 Å². The topological polar surface area (TPSA) is 58.9 Å². The molecule has 0 fully saturated rings. The Bertz CT molecular complexity index is 183. The summed E-state index contributed by atoms with van der Waals surface area (Å²) in [5.41, 5.74) is 0. The zero-order chi connectivity index (χ0) is 15.2. The van der Waals surface area contributed by atoms with Gasteiger partial charge in [0, 0.05) is 0 Å². The normalized spacial score (nSPS) is 16.1. The van der Waals surface area contributed by atoms with Crippen LogP contribution in [0.4, 0.5) is 0 Å². The Hall–Kier alpha value is -0.160. The van der Waals surface area contributed by atoms with E-state index in [1.54, 1.807) is 13.8 Å². The molecule has 4 heteroatoms. The highest BCUT2D eigenvalue weighted by atomic mass is 16.7. The summed E-state index contributed by atoms with van der Waals surface area (Å²) in [6.45, 7) is 6.17. The van der Waals surface area contributed by atoms with Gasteiger partial charge in [-0.2, -0.15) is 0 Å². The molecule has 0 amide bonds. The Morgan fingerprint density at radius 2 is 1.20 bits per heavy atom. The predicted octanol–water partition coefficient (Wildman–Crippen LogP) is 3.25. The number of hydrogen-bond acceptors (Lipinski definition) is 4. The number of hydrogen-bond donors (Lipinski definition) is 2. The Morgan fingerprint density at radius 1 is 0.750 bits per heavy atom. The number of aliphatic hydroxyl groups excluding tert-OH is 2. The lowest BCUT2D eigenvalue weighted by atomic mass is 10.1. The Kier molecular flexibility index (Phi) is 13.7. The quantitative estimate of drug-likeness (QED) is 0.381. The van der Waals surface area contributed by atoms with Crippen molar-refractivity contribution in [3.8, 4) is 0 Å². The first kappa shape index (κ1) is 19.8. The summed E-state index contributed by atoms with van der Waals surface area (Å²) < 4.78 is 11.0. The van der Waals surface area contributed by atoms with Crippen LogP contribution in [0.1, 0.15) is 72.1 Å². The molecule has 0 bridgehead atoms. The predicted molar refractivity (Wildman–Crippen MR) is 81.7 cm³/mol. The first-order chi connectivity index (χ1) is 9.56. The summed E-state index contributed by atoms with van der Waals surface area (Å²) in [4.78, 5) is 0. The van der Waals surface area contributed by atoms with E-state index in [1.807, 2.05) is 0 Å². The molecule has 0 radical (unpaired) electrons. The molecular weight excluding hydrogens is 256 g/mol. The lowest BCUT2D eigenvalue weighted by Gasteiger charge is -2.20. The van der Waals surface area contributed by atoms with Crippen molar-refractivity contribution in [2.24, 2.45) is 0 Å². The fourth-order valence-electron chi connectivity index (χ4n) is 1.98. The number of unbranched alkanes of at least 4 members (excludes halogenated alkanes) is 6. The van der Waals surface area contributed by atoms with E-state index in [4.69, 9.17) is 9.47 Å². The van der Waals surface area contributed by atoms with Crippen molar-refractivity contribution in [1.29, 1.82) is 0 Å². The maximum absolute atomic E-state index is 9.24. The maximum atomic E-state index is 9.24. The second-order valence-corrected chi connectivity index (χ2v) is 5.70. The number of ether oxygens (including phenoxy) is 2. The molecule has 0 aliphatic rings. The van der Waals surface area contributed by atoms with Crippen molar-refractivity contribution in [2.45, 2.75) is 90.6 Å². The van der Waals surface area contributed by atoms with Gasteiger partial charge in [-0.15, -0.1) is 0 Å². The van der Waals surface area contributed by atoms with E-state index in [0.29, 0.717) is 0 Å². The van der Waals surface area contributed by atoms with E-state index in [0.717, 1.165) is 12.8 Å². The highest BCUT2D eigenvalue weighted by Gasteiger charge is 2.12. The van der Waals surface area contributed by atoms with Crippen molar-refractivity contribution in [3.63, 3.8) is 0 Å². The monoisotopic (exact) mass is 290 g/mol. The van der Waals surface area contributed by atoms with Gasteiger partial charge in [-0.05, 0) is 26.7 Å². The summed E-state index contributed by atoms with van der Waals surface area (Å²) >= 11 is 0. The minimum atomic E-state index is -0.485. The molecule has 0 aromatic rings. The summed E-state index contributed by atoms with van der Waals surface area (Å²) in [6, 6.07) is 0. The van der Waals surface area contributed by atoms with Crippen LogP contribution < -0.4 is 0 Å². The van der Waals surface area contributed by atoms with E-state index < -0.39 is 12.2 Å². The standard InChI is InChI=1S/C16H34O4/c1-4-5-6-7-8-9-10-11-16(19-12-14(2)17)20-13-15(3)18/h14-18H,4-13H2,1-3H3. The van der Waals surface area contributed by atoms with Gasteiger partial charge in [0.15, 0.2) is 6.29 Å². The van der Waals surface area contributed by atoms with Gasteiger partial charge in [-0.3, -0.25) is 0 Å². The third-order valence-electron chi connectivity index (χ3n) is 3.09. The van der Waals surface area contributed by atoms with E-state index in [9.17, 15) is 10.2 Å². The molecule has 0 aromatic heterocycles. The second-order valence-electron chi connectivity index (χ2n) is 5.70. The summed E-state index contributed by atoms with van der Waals surface area (Å²) in [5, 5.41) is 18.5. The molecular formula is C16H34O4. The molecule has 0 rings (SSSR count). The average molecular weight is 290 g/mol. The van der Waals surface area contributed by atoms with E-state index in [-0.39, 0.29) is 19.5 Å². The van der Waals surface area contributed by atoms with Crippen LogP contribution in [-0.4, -0.2) is 41.9 Å². The van der Waals surface area contributed by atoms with Crippen molar-refractivity contribution in [2.75, 3.05) is 13.2 Å². The molecule has 0 spiro atoms. The smallest absolute Gasteiger partial charge is 0.157 e. The van der Waals surface area contributed by atoms with Crippen molar-refractivity contribution >= 4 is 0 Å². The summed E-state index contributed by atoms with van der Waals surface area (Å²) in [7, 11) is 0. The summed E-state index contributed by atoms with van der Waals surface area (Å²) in [6.07, 6.45) is 8.32.